The van der Waals surface area contributed by atoms with Crippen LogP contribution in [0.5, 0.6) is 0 Å². The number of benzene rings is 1. The molecule has 1 saturated heterocycles. The third-order valence-electron chi connectivity index (χ3n) is 4.38. The van der Waals surface area contributed by atoms with Crippen LogP contribution in [0.3, 0.4) is 0 Å². The van der Waals surface area contributed by atoms with Crippen molar-refractivity contribution in [3.05, 3.63) is 29.8 Å². The van der Waals surface area contributed by atoms with Gasteiger partial charge in [-0.2, -0.15) is 0 Å². The quantitative estimate of drug-likeness (QED) is 0.908. The standard InChI is InChI=1S/C16H24N2S/c1-13(18-9-4-5-10-18)12-17-15-8-11-19-16-7-3-2-6-14(15)16/h2-3,6-7,13,15,17H,4-5,8-12H2,1H3. The number of rotatable bonds is 4. The second-order valence-electron chi connectivity index (χ2n) is 5.73. The van der Waals surface area contributed by atoms with E-state index in [2.05, 4.69) is 41.4 Å². The largest absolute Gasteiger partial charge is 0.308 e. The van der Waals surface area contributed by atoms with Crippen LogP contribution in [0, 0.1) is 0 Å². The minimum atomic E-state index is 0.558. The van der Waals surface area contributed by atoms with Gasteiger partial charge >= 0.3 is 0 Å². The third-order valence-corrected chi connectivity index (χ3v) is 5.50. The van der Waals surface area contributed by atoms with E-state index in [1.165, 1.54) is 48.6 Å². The Bertz CT molecular complexity index is 415. The molecule has 0 saturated carbocycles. The first-order valence-electron chi connectivity index (χ1n) is 7.54. The molecule has 0 radical (unpaired) electrons. The van der Waals surface area contributed by atoms with E-state index in [-0.39, 0.29) is 0 Å². The van der Waals surface area contributed by atoms with Gasteiger partial charge < -0.3 is 5.32 Å². The minimum Gasteiger partial charge on any atom is -0.308 e. The van der Waals surface area contributed by atoms with E-state index in [0.717, 1.165) is 6.54 Å². The highest BCUT2D eigenvalue weighted by Crippen LogP contribution is 2.35. The summed E-state index contributed by atoms with van der Waals surface area (Å²) in [6, 6.07) is 10.1. The summed E-state index contributed by atoms with van der Waals surface area (Å²) < 4.78 is 0. The van der Waals surface area contributed by atoms with Crippen molar-refractivity contribution in [1.82, 2.24) is 10.2 Å². The highest BCUT2D eigenvalue weighted by Gasteiger charge is 2.22. The number of thioether (sulfide) groups is 1. The van der Waals surface area contributed by atoms with Crippen LogP contribution in [-0.4, -0.2) is 36.3 Å². The zero-order chi connectivity index (χ0) is 13.1. The summed E-state index contributed by atoms with van der Waals surface area (Å²) in [5, 5.41) is 3.80. The molecule has 0 aromatic heterocycles. The molecular formula is C16H24N2S. The molecule has 2 aliphatic heterocycles. The van der Waals surface area contributed by atoms with Gasteiger partial charge in [0.15, 0.2) is 0 Å². The average molecular weight is 276 g/mol. The number of nitrogens with zero attached hydrogens (tertiary/aromatic N) is 1. The maximum atomic E-state index is 3.80. The Morgan fingerprint density at radius 3 is 2.95 bits per heavy atom. The molecule has 2 atom stereocenters. The van der Waals surface area contributed by atoms with Crippen molar-refractivity contribution in [2.45, 2.75) is 43.2 Å². The van der Waals surface area contributed by atoms with E-state index >= 15 is 0 Å². The smallest absolute Gasteiger partial charge is 0.0339 e. The van der Waals surface area contributed by atoms with Crippen molar-refractivity contribution >= 4 is 11.8 Å². The average Bonchev–Trinajstić information content (AvgIpc) is 2.99. The molecular weight excluding hydrogens is 252 g/mol. The lowest BCUT2D eigenvalue weighted by atomic mass is 10.0. The lowest BCUT2D eigenvalue weighted by molar-refractivity contribution is 0.244. The topological polar surface area (TPSA) is 15.3 Å². The van der Waals surface area contributed by atoms with Gasteiger partial charge in [-0.3, -0.25) is 4.90 Å². The van der Waals surface area contributed by atoms with Crippen LogP contribution in [0.1, 0.15) is 37.8 Å². The number of hydrogen-bond donors (Lipinski definition) is 1. The van der Waals surface area contributed by atoms with Crippen LogP contribution in [0.4, 0.5) is 0 Å². The Kier molecular flexibility index (Phi) is 4.46. The van der Waals surface area contributed by atoms with Gasteiger partial charge in [-0.15, -0.1) is 11.8 Å². The van der Waals surface area contributed by atoms with Gasteiger partial charge in [0, 0.05) is 23.5 Å². The van der Waals surface area contributed by atoms with Crippen molar-refractivity contribution < 1.29 is 0 Å². The number of fused-ring (bicyclic) bond motifs is 1. The molecule has 3 heteroatoms. The lowest BCUT2D eigenvalue weighted by Gasteiger charge is -2.30. The van der Waals surface area contributed by atoms with Crippen molar-refractivity contribution in [2.24, 2.45) is 0 Å². The Morgan fingerprint density at radius 1 is 1.32 bits per heavy atom. The maximum Gasteiger partial charge on any atom is 0.0339 e. The van der Waals surface area contributed by atoms with Gasteiger partial charge in [0.25, 0.3) is 0 Å². The normalized spacial score (nSPS) is 25.2. The van der Waals surface area contributed by atoms with Crippen LogP contribution in [-0.2, 0) is 0 Å². The maximum absolute atomic E-state index is 3.80. The van der Waals surface area contributed by atoms with Crippen molar-refractivity contribution in [3.8, 4) is 0 Å². The zero-order valence-corrected chi connectivity index (χ0v) is 12.6. The second kappa shape index (κ2) is 6.29. The summed E-state index contributed by atoms with van der Waals surface area (Å²) in [5.74, 6) is 1.24. The van der Waals surface area contributed by atoms with Crippen LogP contribution >= 0.6 is 11.8 Å². The predicted molar refractivity (Wildman–Crippen MR) is 82.8 cm³/mol. The summed E-state index contributed by atoms with van der Waals surface area (Å²) in [5.41, 5.74) is 1.51. The van der Waals surface area contributed by atoms with Crippen molar-refractivity contribution in [3.63, 3.8) is 0 Å². The third kappa shape index (κ3) is 3.15. The van der Waals surface area contributed by atoms with E-state index in [9.17, 15) is 0 Å². The lowest BCUT2D eigenvalue weighted by Crippen LogP contribution is -2.40. The van der Waals surface area contributed by atoms with E-state index in [0.29, 0.717) is 12.1 Å². The molecule has 1 fully saturated rings. The fourth-order valence-corrected chi connectivity index (χ4v) is 4.30. The van der Waals surface area contributed by atoms with Crippen LogP contribution in [0.2, 0.25) is 0 Å². The fourth-order valence-electron chi connectivity index (χ4n) is 3.18. The zero-order valence-electron chi connectivity index (χ0n) is 11.8. The van der Waals surface area contributed by atoms with E-state index in [4.69, 9.17) is 0 Å². The monoisotopic (exact) mass is 276 g/mol. The fraction of sp³-hybridized carbons (Fsp3) is 0.625. The molecule has 19 heavy (non-hydrogen) atoms. The molecule has 0 spiro atoms. The molecule has 0 aliphatic carbocycles. The van der Waals surface area contributed by atoms with Crippen molar-refractivity contribution in [1.29, 1.82) is 0 Å². The highest BCUT2D eigenvalue weighted by molar-refractivity contribution is 7.99. The molecule has 2 heterocycles. The Labute approximate surface area is 121 Å². The Hall–Kier alpha value is -0.510. The minimum absolute atomic E-state index is 0.558. The molecule has 2 unspecified atom stereocenters. The van der Waals surface area contributed by atoms with E-state index in [1.54, 1.807) is 0 Å². The molecule has 2 aliphatic rings. The molecule has 0 bridgehead atoms. The molecule has 1 N–H and O–H groups in total. The summed E-state index contributed by atoms with van der Waals surface area (Å²) in [4.78, 5) is 4.09. The van der Waals surface area contributed by atoms with Gasteiger partial charge in [-0.25, -0.2) is 0 Å². The summed E-state index contributed by atoms with van der Waals surface area (Å²) in [6.07, 6.45) is 4.02. The summed E-state index contributed by atoms with van der Waals surface area (Å²) in [7, 11) is 0. The molecule has 1 aromatic rings. The first kappa shape index (κ1) is 13.5. The van der Waals surface area contributed by atoms with Gasteiger partial charge in [0.05, 0.1) is 0 Å². The number of nitrogens with one attached hydrogen (secondary N) is 1. The van der Waals surface area contributed by atoms with Gasteiger partial charge in [0.1, 0.15) is 0 Å². The first-order valence-corrected chi connectivity index (χ1v) is 8.52. The van der Waals surface area contributed by atoms with Gasteiger partial charge in [-0.05, 0) is 56.7 Å². The van der Waals surface area contributed by atoms with Crippen LogP contribution in [0.15, 0.2) is 29.2 Å². The second-order valence-corrected chi connectivity index (χ2v) is 6.86. The molecule has 104 valence electrons. The molecule has 0 amide bonds. The van der Waals surface area contributed by atoms with Crippen LogP contribution < -0.4 is 5.32 Å². The predicted octanol–water partition coefficient (Wildman–Crippen LogP) is 3.30. The summed E-state index contributed by atoms with van der Waals surface area (Å²) in [6.45, 7) is 6.06. The SMILES string of the molecule is CC(CNC1CCSc2ccccc21)N1CCCC1. The highest BCUT2D eigenvalue weighted by atomic mass is 32.2. The number of likely N-dealkylation sites (tertiary alicyclic amines) is 1. The van der Waals surface area contributed by atoms with Gasteiger partial charge in [0.2, 0.25) is 0 Å². The van der Waals surface area contributed by atoms with E-state index in [1.807, 2.05) is 11.8 Å². The van der Waals surface area contributed by atoms with Crippen LogP contribution in [0.25, 0.3) is 0 Å². The number of hydrogen-bond acceptors (Lipinski definition) is 3. The molecule has 3 rings (SSSR count). The molecule has 1 aromatic carbocycles. The van der Waals surface area contributed by atoms with Crippen molar-refractivity contribution in [2.75, 3.05) is 25.4 Å². The molecule has 2 nitrogen and oxygen atoms in total. The van der Waals surface area contributed by atoms with Gasteiger partial charge in [-0.1, -0.05) is 18.2 Å². The first-order chi connectivity index (χ1) is 9.34. The Morgan fingerprint density at radius 2 is 2.11 bits per heavy atom. The summed E-state index contributed by atoms with van der Waals surface area (Å²) >= 11 is 2.00. The van der Waals surface area contributed by atoms with E-state index < -0.39 is 0 Å². The Balaban J connectivity index is 1.58.